The molecule has 1 atom stereocenters. The molecule has 0 aliphatic rings. The standard InChI is InChI=1S/C15H22BrNO2/c1-5-19-14(18)13(10-15(2,3)4)17-12-8-6-7-11(16)9-12/h6-9,13,17H,5,10H2,1-4H3. The van der Waals surface area contributed by atoms with Crippen LogP contribution in [0.15, 0.2) is 28.7 Å². The number of ether oxygens (including phenoxy) is 1. The van der Waals surface area contributed by atoms with Crippen molar-refractivity contribution in [1.82, 2.24) is 0 Å². The van der Waals surface area contributed by atoms with Gasteiger partial charge in [-0.3, -0.25) is 0 Å². The van der Waals surface area contributed by atoms with Gasteiger partial charge in [0.2, 0.25) is 0 Å². The van der Waals surface area contributed by atoms with Crippen LogP contribution in [0.2, 0.25) is 0 Å². The molecule has 0 aliphatic carbocycles. The summed E-state index contributed by atoms with van der Waals surface area (Å²) in [6.45, 7) is 8.57. The highest BCUT2D eigenvalue weighted by Gasteiger charge is 2.25. The van der Waals surface area contributed by atoms with Crippen LogP contribution in [0.1, 0.15) is 34.1 Å². The van der Waals surface area contributed by atoms with E-state index in [-0.39, 0.29) is 17.4 Å². The van der Waals surface area contributed by atoms with Crippen molar-refractivity contribution in [2.75, 3.05) is 11.9 Å². The van der Waals surface area contributed by atoms with Gasteiger partial charge in [-0.15, -0.1) is 0 Å². The van der Waals surface area contributed by atoms with E-state index in [4.69, 9.17) is 4.74 Å². The average molecular weight is 328 g/mol. The Hall–Kier alpha value is -1.03. The van der Waals surface area contributed by atoms with E-state index in [2.05, 4.69) is 42.0 Å². The number of rotatable bonds is 5. The Balaban J connectivity index is 2.82. The molecule has 106 valence electrons. The first kappa shape index (κ1) is 16.0. The molecule has 0 radical (unpaired) electrons. The second-order valence-corrected chi connectivity index (χ2v) is 6.64. The number of hydrogen-bond acceptors (Lipinski definition) is 3. The van der Waals surface area contributed by atoms with Crippen LogP contribution >= 0.6 is 15.9 Å². The summed E-state index contributed by atoms with van der Waals surface area (Å²) in [6, 6.07) is 7.46. The van der Waals surface area contributed by atoms with E-state index in [9.17, 15) is 4.79 Å². The fraction of sp³-hybridized carbons (Fsp3) is 0.533. The van der Waals surface area contributed by atoms with Crippen molar-refractivity contribution < 1.29 is 9.53 Å². The molecule has 0 saturated carbocycles. The molecule has 1 N–H and O–H groups in total. The van der Waals surface area contributed by atoms with Gasteiger partial charge >= 0.3 is 5.97 Å². The highest BCUT2D eigenvalue weighted by molar-refractivity contribution is 9.10. The number of esters is 1. The van der Waals surface area contributed by atoms with Crippen LogP contribution in [-0.4, -0.2) is 18.6 Å². The van der Waals surface area contributed by atoms with Crippen molar-refractivity contribution >= 4 is 27.6 Å². The Morgan fingerprint density at radius 2 is 2.11 bits per heavy atom. The largest absolute Gasteiger partial charge is 0.464 e. The van der Waals surface area contributed by atoms with E-state index >= 15 is 0 Å². The number of carbonyl (C=O) groups is 1. The van der Waals surface area contributed by atoms with E-state index in [1.807, 2.05) is 31.2 Å². The van der Waals surface area contributed by atoms with Gasteiger partial charge in [-0.2, -0.15) is 0 Å². The van der Waals surface area contributed by atoms with Crippen molar-refractivity contribution in [3.63, 3.8) is 0 Å². The fourth-order valence-corrected chi connectivity index (χ4v) is 2.23. The van der Waals surface area contributed by atoms with Crippen molar-refractivity contribution in [2.45, 2.75) is 40.2 Å². The van der Waals surface area contributed by atoms with Gasteiger partial charge in [0.15, 0.2) is 0 Å². The predicted molar refractivity (Wildman–Crippen MR) is 82.3 cm³/mol. The summed E-state index contributed by atoms with van der Waals surface area (Å²) in [5, 5.41) is 3.26. The maximum atomic E-state index is 12.0. The summed E-state index contributed by atoms with van der Waals surface area (Å²) >= 11 is 3.43. The van der Waals surface area contributed by atoms with E-state index in [1.165, 1.54) is 0 Å². The second kappa shape index (κ2) is 6.94. The first-order valence-electron chi connectivity index (χ1n) is 6.50. The SMILES string of the molecule is CCOC(=O)C(CC(C)(C)C)Nc1cccc(Br)c1. The summed E-state index contributed by atoms with van der Waals surface area (Å²) in [4.78, 5) is 12.0. The molecule has 4 heteroatoms. The van der Waals surface area contributed by atoms with Crippen LogP contribution in [-0.2, 0) is 9.53 Å². The lowest BCUT2D eigenvalue weighted by Gasteiger charge is -2.26. The van der Waals surface area contributed by atoms with Crippen molar-refractivity contribution in [3.8, 4) is 0 Å². The molecule has 0 heterocycles. The minimum atomic E-state index is -0.325. The molecule has 19 heavy (non-hydrogen) atoms. The number of hydrogen-bond donors (Lipinski definition) is 1. The number of carbonyl (C=O) groups excluding carboxylic acids is 1. The van der Waals surface area contributed by atoms with Gasteiger partial charge in [-0.1, -0.05) is 42.8 Å². The van der Waals surface area contributed by atoms with Crippen molar-refractivity contribution in [1.29, 1.82) is 0 Å². The normalized spacial score (nSPS) is 12.9. The molecular formula is C15H22BrNO2. The summed E-state index contributed by atoms with van der Waals surface area (Å²) in [5.41, 5.74) is 0.966. The van der Waals surface area contributed by atoms with Crippen molar-refractivity contribution in [2.24, 2.45) is 5.41 Å². The quantitative estimate of drug-likeness (QED) is 0.822. The Morgan fingerprint density at radius 3 is 2.63 bits per heavy atom. The molecule has 1 aromatic carbocycles. The lowest BCUT2D eigenvalue weighted by molar-refractivity contribution is -0.144. The number of nitrogens with one attached hydrogen (secondary N) is 1. The lowest BCUT2D eigenvalue weighted by Crippen LogP contribution is -2.35. The van der Waals surface area contributed by atoms with Crippen LogP contribution in [0.4, 0.5) is 5.69 Å². The third-order valence-electron chi connectivity index (χ3n) is 2.55. The van der Waals surface area contributed by atoms with Crippen molar-refractivity contribution in [3.05, 3.63) is 28.7 Å². The molecular weight excluding hydrogens is 306 g/mol. The molecule has 0 spiro atoms. The topological polar surface area (TPSA) is 38.3 Å². The zero-order chi connectivity index (χ0) is 14.5. The van der Waals surface area contributed by atoms with Crippen LogP contribution in [0.25, 0.3) is 0 Å². The smallest absolute Gasteiger partial charge is 0.328 e. The molecule has 0 fully saturated rings. The molecule has 0 bridgehead atoms. The van der Waals surface area contributed by atoms with Gasteiger partial charge < -0.3 is 10.1 Å². The van der Waals surface area contributed by atoms with E-state index in [1.54, 1.807) is 0 Å². The van der Waals surface area contributed by atoms with E-state index < -0.39 is 0 Å². The van der Waals surface area contributed by atoms with Gasteiger partial charge in [0.25, 0.3) is 0 Å². The monoisotopic (exact) mass is 327 g/mol. The fourth-order valence-electron chi connectivity index (χ4n) is 1.83. The zero-order valence-electron chi connectivity index (χ0n) is 12.0. The molecule has 0 aromatic heterocycles. The lowest BCUT2D eigenvalue weighted by atomic mass is 9.88. The van der Waals surface area contributed by atoms with E-state index in [0.29, 0.717) is 6.61 Å². The Kier molecular flexibility index (Phi) is 5.85. The van der Waals surface area contributed by atoms with Crippen LogP contribution in [0.5, 0.6) is 0 Å². The predicted octanol–water partition coefficient (Wildman–Crippen LogP) is 4.23. The Labute approximate surface area is 123 Å². The number of benzene rings is 1. The summed E-state index contributed by atoms with van der Waals surface area (Å²) < 4.78 is 6.12. The highest BCUT2D eigenvalue weighted by atomic mass is 79.9. The third kappa shape index (κ3) is 6.10. The third-order valence-corrected chi connectivity index (χ3v) is 3.05. The summed E-state index contributed by atoms with van der Waals surface area (Å²) in [6.07, 6.45) is 0.721. The molecule has 0 amide bonds. The first-order chi connectivity index (χ1) is 8.81. The van der Waals surface area contributed by atoms with Gasteiger partial charge in [0.1, 0.15) is 6.04 Å². The molecule has 0 aliphatic heterocycles. The van der Waals surface area contributed by atoms with Gasteiger partial charge in [0, 0.05) is 10.2 Å². The van der Waals surface area contributed by atoms with E-state index in [0.717, 1.165) is 16.6 Å². The van der Waals surface area contributed by atoms with Gasteiger partial charge in [-0.25, -0.2) is 4.79 Å². The first-order valence-corrected chi connectivity index (χ1v) is 7.30. The minimum Gasteiger partial charge on any atom is -0.464 e. The summed E-state index contributed by atoms with van der Waals surface area (Å²) in [5.74, 6) is -0.197. The second-order valence-electron chi connectivity index (χ2n) is 5.72. The van der Waals surface area contributed by atoms with Crippen LogP contribution in [0, 0.1) is 5.41 Å². The number of halogens is 1. The Morgan fingerprint density at radius 1 is 1.42 bits per heavy atom. The molecule has 1 aromatic rings. The zero-order valence-corrected chi connectivity index (χ0v) is 13.6. The molecule has 0 saturated heterocycles. The minimum absolute atomic E-state index is 0.0520. The highest BCUT2D eigenvalue weighted by Crippen LogP contribution is 2.24. The summed E-state index contributed by atoms with van der Waals surface area (Å²) in [7, 11) is 0. The number of anilines is 1. The van der Waals surface area contributed by atoms with Crippen LogP contribution in [0.3, 0.4) is 0 Å². The molecule has 1 rings (SSSR count). The Bertz CT molecular complexity index is 426. The molecule has 3 nitrogen and oxygen atoms in total. The van der Waals surface area contributed by atoms with Crippen LogP contribution < -0.4 is 5.32 Å². The maximum Gasteiger partial charge on any atom is 0.328 e. The maximum absolute atomic E-state index is 12.0. The molecule has 1 unspecified atom stereocenters. The van der Waals surface area contributed by atoms with Gasteiger partial charge in [-0.05, 0) is 37.0 Å². The average Bonchev–Trinajstić information content (AvgIpc) is 2.26. The van der Waals surface area contributed by atoms with Gasteiger partial charge in [0.05, 0.1) is 6.61 Å².